The van der Waals surface area contributed by atoms with Gasteiger partial charge in [-0.3, -0.25) is 0 Å². The third kappa shape index (κ3) is 4.74. The number of rotatable bonds is 6. The molecular weight excluding hydrogens is 352 g/mol. The summed E-state index contributed by atoms with van der Waals surface area (Å²) in [7, 11) is 0. The minimum absolute atomic E-state index is 0.164. The van der Waals surface area contributed by atoms with E-state index in [1.807, 2.05) is 13.8 Å². The molecule has 0 atom stereocenters. The molecule has 2 N–H and O–H groups in total. The van der Waals surface area contributed by atoms with Crippen LogP contribution in [0.4, 0.5) is 17.6 Å². The van der Waals surface area contributed by atoms with Crippen LogP contribution in [0.3, 0.4) is 0 Å². The molecule has 0 unspecified atom stereocenters. The molecule has 0 spiro atoms. The van der Waals surface area contributed by atoms with Crippen molar-refractivity contribution in [1.29, 1.82) is 0 Å². The summed E-state index contributed by atoms with van der Waals surface area (Å²) in [4.78, 5) is 3.96. The molecule has 9 heteroatoms. The van der Waals surface area contributed by atoms with Gasteiger partial charge in [0.05, 0.1) is 24.3 Å². The normalized spacial score (nSPS) is 11.9. The van der Waals surface area contributed by atoms with Crippen molar-refractivity contribution in [1.82, 2.24) is 15.8 Å². The van der Waals surface area contributed by atoms with E-state index in [-0.39, 0.29) is 24.5 Å². The topological polar surface area (TPSA) is 62.5 Å². The molecule has 142 valence electrons. The molecule has 0 aliphatic heterocycles. The standard InChI is InChI=1S/C17H20F4N4O/c1-4-22-17(23-7-10-5-14(9(2)3)25-26-10)24-8-11-15(20)12(18)6-13(19)16(11)21/h5-6,9H,4,7-8H2,1-3H3,(H2,22,23,24). The van der Waals surface area contributed by atoms with Crippen LogP contribution in [0.5, 0.6) is 0 Å². The Morgan fingerprint density at radius 2 is 1.77 bits per heavy atom. The summed E-state index contributed by atoms with van der Waals surface area (Å²) in [5.74, 6) is -4.87. The molecule has 0 saturated carbocycles. The number of aromatic nitrogens is 1. The first kappa shape index (κ1) is 19.7. The number of nitrogens with one attached hydrogen (secondary N) is 2. The van der Waals surface area contributed by atoms with Crippen LogP contribution in [-0.2, 0) is 13.1 Å². The molecule has 5 nitrogen and oxygen atoms in total. The van der Waals surface area contributed by atoms with Crippen LogP contribution in [0.25, 0.3) is 0 Å². The van der Waals surface area contributed by atoms with Gasteiger partial charge in [-0.05, 0) is 12.8 Å². The summed E-state index contributed by atoms with van der Waals surface area (Å²) < 4.78 is 59.1. The molecule has 1 aromatic carbocycles. The van der Waals surface area contributed by atoms with Crippen molar-refractivity contribution >= 4 is 5.96 Å². The second kappa shape index (κ2) is 8.68. The van der Waals surface area contributed by atoms with E-state index in [1.165, 1.54) is 0 Å². The molecule has 0 radical (unpaired) electrons. The number of guanidine groups is 1. The molecule has 0 fully saturated rings. The first-order valence-corrected chi connectivity index (χ1v) is 8.13. The highest BCUT2D eigenvalue weighted by Crippen LogP contribution is 2.20. The van der Waals surface area contributed by atoms with Gasteiger partial charge in [-0.1, -0.05) is 19.0 Å². The highest BCUT2D eigenvalue weighted by atomic mass is 19.2. The average Bonchev–Trinajstić information content (AvgIpc) is 3.07. The summed E-state index contributed by atoms with van der Waals surface area (Å²) in [6.07, 6.45) is 0. The van der Waals surface area contributed by atoms with Crippen molar-refractivity contribution in [3.8, 4) is 0 Å². The zero-order chi connectivity index (χ0) is 19.3. The predicted octanol–water partition coefficient (Wildman–Crippen LogP) is 3.61. The lowest BCUT2D eigenvalue weighted by Crippen LogP contribution is -2.36. The van der Waals surface area contributed by atoms with E-state index in [0.717, 1.165) is 5.69 Å². The van der Waals surface area contributed by atoms with Crippen molar-refractivity contribution in [2.24, 2.45) is 4.99 Å². The number of hydrogen-bond acceptors (Lipinski definition) is 3. The molecule has 0 aliphatic carbocycles. The first-order chi connectivity index (χ1) is 12.3. The Hall–Kier alpha value is -2.58. The molecule has 2 rings (SSSR count). The van der Waals surface area contributed by atoms with Gasteiger partial charge < -0.3 is 15.2 Å². The number of halogens is 4. The lowest BCUT2D eigenvalue weighted by Gasteiger charge is -2.10. The summed E-state index contributed by atoms with van der Waals surface area (Å²) >= 11 is 0. The first-order valence-electron chi connectivity index (χ1n) is 8.13. The molecule has 0 saturated heterocycles. The van der Waals surface area contributed by atoms with Gasteiger partial charge in [-0.2, -0.15) is 0 Å². The van der Waals surface area contributed by atoms with E-state index in [9.17, 15) is 17.6 Å². The van der Waals surface area contributed by atoms with E-state index >= 15 is 0 Å². The van der Waals surface area contributed by atoms with Gasteiger partial charge in [-0.15, -0.1) is 0 Å². The minimum atomic E-state index is -1.46. The van der Waals surface area contributed by atoms with Crippen LogP contribution in [0.2, 0.25) is 0 Å². The van der Waals surface area contributed by atoms with Crippen molar-refractivity contribution in [3.05, 3.63) is 52.4 Å². The maximum atomic E-state index is 13.7. The molecule has 0 aliphatic rings. The van der Waals surface area contributed by atoms with Gasteiger partial charge in [0.2, 0.25) is 0 Å². The smallest absolute Gasteiger partial charge is 0.191 e. The van der Waals surface area contributed by atoms with E-state index in [1.54, 1.807) is 13.0 Å². The van der Waals surface area contributed by atoms with Gasteiger partial charge in [0.25, 0.3) is 0 Å². The largest absolute Gasteiger partial charge is 0.359 e. The molecule has 1 aromatic heterocycles. The second-order valence-corrected chi connectivity index (χ2v) is 5.87. The number of nitrogens with zero attached hydrogens (tertiary/aromatic N) is 2. The van der Waals surface area contributed by atoms with Crippen LogP contribution in [0.15, 0.2) is 21.6 Å². The fraction of sp³-hybridized carbons (Fsp3) is 0.412. The van der Waals surface area contributed by atoms with Crippen molar-refractivity contribution < 1.29 is 22.1 Å². The summed E-state index contributed by atoms with van der Waals surface area (Å²) in [6.45, 7) is 5.88. The third-order valence-corrected chi connectivity index (χ3v) is 3.54. The van der Waals surface area contributed by atoms with Crippen LogP contribution in [-0.4, -0.2) is 17.7 Å². The van der Waals surface area contributed by atoms with Gasteiger partial charge in [0, 0.05) is 18.7 Å². The Bertz CT molecular complexity index is 763. The average molecular weight is 372 g/mol. The fourth-order valence-electron chi connectivity index (χ4n) is 2.12. The quantitative estimate of drug-likeness (QED) is 0.352. The summed E-state index contributed by atoms with van der Waals surface area (Å²) in [5, 5.41) is 9.68. The van der Waals surface area contributed by atoms with Gasteiger partial charge in [0.1, 0.15) is 0 Å². The highest BCUT2D eigenvalue weighted by Gasteiger charge is 2.18. The van der Waals surface area contributed by atoms with E-state index in [0.29, 0.717) is 12.3 Å². The molecule has 26 heavy (non-hydrogen) atoms. The molecule has 0 bridgehead atoms. The van der Waals surface area contributed by atoms with Crippen molar-refractivity contribution in [3.63, 3.8) is 0 Å². The van der Waals surface area contributed by atoms with E-state index in [2.05, 4.69) is 20.8 Å². The fourth-order valence-corrected chi connectivity index (χ4v) is 2.12. The molecule has 1 heterocycles. The lowest BCUT2D eigenvalue weighted by molar-refractivity contribution is 0.372. The Morgan fingerprint density at radius 1 is 1.12 bits per heavy atom. The Labute approximate surface area is 148 Å². The van der Waals surface area contributed by atoms with Gasteiger partial charge in [-0.25, -0.2) is 22.6 Å². The van der Waals surface area contributed by atoms with Gasteiger partial charge >= 0.3 is 0 Å². The number of benzene rings is 1. The number of hydrogen-bond donors (Lipinski definition) is 2. The summed E-state index contributed by atoms with van der Waals surface area (Å²) in [5.41, 5.74) is 0.0181. The summed E-state index contributed by atoms with van der Waals surface area (Å²) in [6, 6.07) is 1.94. The van der Waals surface area contributed by atoms with Crippen LogP contribution in [0, 0.1) is 23.3 Å². The minimum Gasteiger partial charge on any atom is -0.359 e. The number of aliphatic imine (C=N–C) groups is 1. The SMILES string of the molecule is CCNC(=NCc1c(F)c(F)cc(F)c1F)NCc1cc(C(C)C)no1. The monoisotopic (exact) mass is 372 g/mol. The van der Waals surface area contributed by atoms with Crippen LogP contribution < -0.4 is 10.6 Å². The zero-order valence-electron chi connectivity index (χ0n) is 14.7. The maximum absolute atomic E-state index is 13.7. The van der Waals surface area contributed by atoms with Crippen molar-refractivity contribution in [2.45, 2.75) is 39.8 Å². The Balaban J connectivity index is 2.11. The Morgan fingerprint density at radius 3 is 2.31 bits per heavy atom. The molecule has 0 amide bonds. The maximum Gasteiger partial charge on any atom is 0.191 e. The van der Waals surface area contributed by atoms with Crippen molar-refractivity contribution in [2.75, 3.05) is 6.54 Å². The van der Waals surface area contributed by atoms with Crippen LogP contribution >= 0.6 is 0 Å². The lowest BCUT2D eigenvalue weighted by atomic mass is 10.1. The highest BCUT2D eigenvalue weighted by molar-refractivity contribution is 5.79. The molecule has 2 aromatic rings. The zero-order valence-corrected chi connectivity index (χ0v) is 14.7. The third-order valence-electron chi connectivity index (χ3n) is 3.54. The van der Waals surface area contributed by atoms with E-state index < -0.39 is 35.4 Å². The van der Waals surface area contributed by atoms with Crippen LogP contribution in [0.1, 0.15) is 43.7 Å². The second-order valence-electron chi connectivity index (χ2n) is 5.87. The molecular formula is C17H20F4N4O. The van der Waals surface area contributed by atoms with Gasteiger partial charge in [0.15, 0.2) is 35.0 Å². The van der Waals surface area contributed by atoms with E-state index in [4.69, 9.17) is 4.52 Å². The Kier molecular flexibility index (Phi) is 6.59. The predicted molar refractivity (Wildman–Crippen MR) is 88.5 cm³/mol.